The smallest absolute Gasteiger partial charge is 0.0595 e. The lowest BCUT2D eigenvalue weighted by atomic mass is 9.90. The minimum Gasteiger partial charge on any atom is -0.316 e. The summed E-state index contributed by atoms with van der Waals surface area (Å²) in [6.07, 6.45) is 0. The Labute approximate surface area is 94.4 Å². The van der Waals surface area contributed by atoms with Crippen LogP contribution in [0.5, 0.6) is 0 Å². The van der Waals surface area contributed by atoms with Gasteiger partial charge in [0.1, 0.15) is 0 Å². The zero-order valence-electron chi connectivity index (χ0n) is 8.06. The first-order valence-corrected chi connectivity index (χ1v) is 5.59. The number of rotatable bonds is 1. The first kappa shape index (κ1) is 10.3. The van der Waals surface area contributed by atoms with Gasteiger partial charge in [-0.1, -0.05) is 36.2 Å². The molecule has 2 atom stereocenters. The Balaban J connectivity index is 2.28. The van der Waals surface area contributed by atoms with E-state index in [1.165, 1.54) is 5.56 Å². The third-order valence-electron chi connectivity index (χ3n) is 2.89. The van der Waals surface area contributed by atoms with Crippen LogP contribution in [0.2, 0.25) is 10.0 Å². The van der Waals surface area contributed by atoms with Crippen molar-refractivity contribution in [2.75, 3.05) is 13.1 Å². The Morgan fingerprint density at radius 2 is 2.00 bits per heavy atom. The predicted molar refractivity (Wildman–Crippen MR) is 61.2 cm³/mol. The fraction of sp³-hybridized carbons (Fsp3) is 0.455. The standard InChI is InChI=1S/C11H13Cl2N/c1-7-5-14-6-9(7)8-2-3-10(12)11(13)4-8/h2-4,7,9,14H,5-6H2,1H3/t7-,9-/m0/s1. The zero-order valence-corrected chi connectivity index (χ0v) is 9.57. The molecule has 0 aromatic heterocycles. The minimum absolute atomic E-state index is 0.574. The van der Waals surface area contributed by atoms with Gasteiger partial charge in [0.05, 0.1) is 10.0 Å². The molecule has 76 valence electrons. The lowest BCUT2D eigenvalue weighted by molar-refractivity contribution is 0.572. The quantitative estimate of drug-likeness (QED) is 0.780. The summed E-state index contributed by atoms with van der Waals surface area (Å²) in [5.74, 6) is 1.25. The van der Waals surface area contributed by atoms with Gasteiger partial charge in [-0.25, -0.2) is 0 Å². The highest BCUT2D eigenvalue weighted by Gasteiger charge is 2.24. The van der Waals surface area contributed by atoms with E-state index in [1.54, 1.807) is 0 Å². The summed E-state index contributed by atoms with van der Waals surface area (Å²) in [5.41, 5.74) is 1.29. The van der Waals surface area contributed by atoms with Gasteiger partial charge in [-0.2, -0.15) is 0 Å². The van der Waals surface area contributed by atoms with Crippen molar-refractivity contribution in [1.29, 1.82) is 0 Å². The zero-order chi connectivity index (χ0) is 10.1. The van der Waals surface area contributed by atoms with Crippen molar-refractivity contribution < 1.29 is 0 Å². The molecule has 1 fully saturated rings. The molecule has 1 saturated heterocycles. The Morgan fingerprint density at radius 1 is 1.21 bits per heavy atom. The van der Waals surface area contributed by atoms with Gasteiger partial charge in [-0.05, 0) is 30.2 Å². The summed E-state index contributed by atoms with van der Waals surface area (Å²) in [6.45, 7) is 4.39. The molecule has 0 bridgehead atoms. The number of halogens is 2. The van der Waals surface area contributed by atoms with Crippen LogP contribution in [-0.2, 0) is 0 Å². The average molecular weight is 230 g/mol. The molecule has 0 radical (unpaired) electrons. The van der Waals surface area contributed by atoms with Gasteiger partial charge in [0, 0.05) is 12.5 Å². The highest BCUT2D eigenvalue weighted by Crippen LogP contribution is 2.31. The molecule has 1 nitrogen and oxygen atoms in total. The van der Waals surface area contributed by atoms with Crippen LogP contribution in [0.1, 0.15) is 18.4 Å². The molecule has 0 saturated carbocycles. The molecule has 1 aromatic carbocycles. The van der Waals surface area contributed by atoms with Crippen molar-refractivity contribution in [3.05, 3.63) is 33.8 Å². The molecular formula is C11H13Cl2N. The average Bonchev–Trinajstić information content (AvgIpc) is 2.57. The largest absolute Gasteiger partial charge is 0.316 e. The van der Waals surface area contributed by atoms with Crippen molar-refractivity contribution in [3.63, 3.8) is 0 Å². The van der Waals surface area contributed by atoms with E-state index in [1.807, 2.05) is 12.1 Å². The monoisotopic (exact) mass is 229 g/mol. The lowest BCUT2D eigenvalue weighted by Gasteiger charge is -2.14. The molecule has 0 aliphatic carbocycles. The first-order valence-electron chi connectivity index (χ1n) is 4.84. The van der Waals surface area contributed by atoms with E-state index in [4.69, 9.17) is 23.2 Å². The van der Waals surface area contributed by atoms with Crippen LogP contribution in [0.25, 0.3) is 0 Å². The normalized spacial score (nSPS) is 26.8. The van der Waals surface area contributed by atoms with Gasteiger partial charge in [0.15, 0.2) is 0 Å². The molecule has 0 amide bonds. The van der Waals surface area contributed by atoms with Crippen LogP contribution in [0.3, 0.4) is 0 Å². The molecule has 1 aliphatic heterocycles. The van der Waals surface area contributed by atoms with Crippen LogP contribution in [0.15, 0.2) is 18.2 Å². The van der Waals surface area contributed by atoms with Crippen molar-refractivity contribution in [2.24, 2.45) is 5.92 Å². The van der Waals surface area contributed by atoms with E-state index >= 15 is 0 Å². The van der Waals surface area contributed by atoms with E-state index in [0.29, 0.717) is 21.9 Å². The van der Waals surface area contributed by atoms with Crippen LogP contribution in [0, 0.1) is 5.92 Å². The number of nitrogens with one attached hydrogen (secondary N) is 1. The molecule has 1 N–H and O–H groups in total. The third-order valence-corrected chi connectivity index (χ3v) is 3.63. The molecule has 3 heteroatoms. The van der Waals surface area contributed by atoms with E-state index in [9.17, 15) is 0 Å². The molecule has 14 heavy (non-hydrogen) atoms. The second-order valence-electron chi connectivity index (χ2n) is 3.92. The SMILES string of the molecule is C[C@H]1CNC[C@@H]1c1ccc(Cl)c(Cl)c1. The Morgan fingerprint density at radius 3 is 2.57 bits per heavy atom. The van der Waals surface area contributed by atoms with Crippen LogP contribution < -0.4 is 5.32 Å². The maximum absolute atomic E-state index is 5.99. The third kappa shape index (κ3) is 1.90. The minimum atomic E-state index is 0.574. The summed E-state index contributed by atoms with van der Waals surface area (Å²) < 4.78 is 0. The van der Waals surface area contributed by atoms with E-state index in [2.05, 4.69) is 18.3 Å². The molecule has 1 aromatic rings. The maximum Gasteiger partial charge on any atom is 0.0595 e. The van der Waals surface area contributed by atoms with Gasteiger partial charge in [0.2, 0.25) is 0 Å². The second-order valence-corrected chi connectivity index (χ2v) is 4.73. The van der Waals surface area contributed by atoms with E-state index in [-0.39, 0.29) is 0 Å². The summed E-state index contributed by atoms with van der Waals surface area (Å²) in [7, 11) is 0. The summed E-state index contributed by atoms with van der Waals surface area (Å²) >= 11 is 11.9. The molecule has 1 heterocycles. The van der Waals surface area contributed by atoms with Crippen molar-refractivity contribution in [3.8, 4) is 0 Å². The Hall–Kier alpha value is -0.240. The number of hydrogen-bond donors (Lipinski definition) is 1. The van der Waals surface area contributed by atoms with Crippen molar-refractivity contribution in [1.82, 2.24) is 5.32 Å². The van der Waals surface area contributed by atoms with Gasteiger partial charge >= 0.3 is 0 Å². The van der Waals surface area contributed by atoms with E-state index in [0.717, 1.165) is 13.1 Å². The Kier molecular flexibility index (Phi) is 3.01. The first-order chi connectivity index (χ1) is 6.68. The van der Waals surface area contributed by atoms with Crippen LogP contribution in [-0.4, -0.2) is 13.1 Å². The molecule has 0 unspecified atom stereocenters. The van der Waals surface area contributed by atoms with E-state index < -0.39 is 0 Å². The maximum atomic E-state index is 5.99. The fourth-order valence-corrected chi connectivity index (χ4v) is 2.31. The van der Waals surface area contributed by atoms with Gasteiger partial charge in [0.25, 0.3) is 0 Å². The van der Waals surface area contributed by atoms with Gasteiger partial charge in [-0.3, -0.25) is 0 Å². The highest BCUT2D eigenvalue weighted by atomic mass is 35.5. The van der Waals surface area contributed by atoms with Crippen LogP contribution >= 0.6 is 23.2 Å². The second kappa shape index (κ2) is 4.09. The lowest BCUT2D eigenvalue weighted by Crippen LogP contribution is -2.07. The summed E-state index contributed by atoms with van der Waals surface area (Å²) in [6, 6.07) is 5.94. The van der Waals surface area contributed by atoms with Crippen LogP contribution in [0.4, 0.5) is 0 Å². The summed E-state index contributed by atoms with van der Waals surface area (Å²) in [4.78, 5) is 0. The van der Waals surface area contributed by atoms with Crippen molar-refractivity contribution >= 4 is 23.2 Å². The summed E-state index contributed by atoms with van der Waals surface area (Å²) in [5, 5.41) is 4.67. The molecule has 2 rings (SSSR count). The predicted octanol–water partition coefficient (Wildman–Crippen LogP) is 3.32. The van der Waals surface area contributed by atoms with Crippen molar-refractivity contribution in [2.45, 2.75) is 12.8 Å². The van der Waals surface area contributed by atoms with Gasteiger partial charge < -0.3 is 5.32 Å². The number of hydrogen-bond acceptors (Lipinski definition) is 1. The fourth-order valence-electron chi connectivity index (χ4n) is 2.00. The molecular weight excluding hydrogens is 217 g/mol. The molecule has 1 aliphatic rings. The van der Waals surface area contributed by atoms with Gasteiger partial charge in [-0.15, -0.1) is 0 Å². The molecule has 0 spiro atoms. The topological polar surface area (TPSA) is 12.0 Å². The Bertz CT molecular complexity index is 338. The number of benzene rings is 1. The highest BCUT2D eigenvalue weighted by molar-refractivity contribution is 6.42.